The molecule has 1 heterocycles. The molecule has 2 aromatic rings. The van der Waals surface area contributed by atoms with Crippen LogP contribution in [0, 0.1) is 0 Å². The van der Waals surface area contributed by atoms with Gasteiger partial charge in [0.1, 0.15) is 16.7 Å². The van der Waals surface area contributed by atoms with E-state index in [1.165, 1.54) is 6.33 Å². The van der Waals surface area contributed by atoms with Crippen molar-refractivity contribution >= 4 is 15.9 Å². The van der Waals surface area contributed by atoms with Crippen molar-refractivity contribution in [1.29, 1.82) is 0 Å². The molecular weight excluding hydrogens is 284 g/mol. The molecule has 1 aromatic carbocycles. The third kappa shape index (κ3) is 3.51. The third-order valence-corrected chi connectivity index (χ3v) is 2.59. The van der Waals surface area contributed by atoms with Gasteiger partial charge in [-0.05, 0) is 40.0 Å². The molecule has 2 rings (SSSR count). The zero-order chi connectivity index (χ0) is 12.1. The molecule has 0 saturated carbocycles. The number of nitrogens with zero attached hydrogens (tertiary/aromatic N) is 2. The van der Waals surface area contributed by atoms with Crippen LogP contribution < -0.4 is 4.74 Å². The fourth-order valence-corrected chi connectivity index (χ4v) is 1.63. The van der Waals surface area contributed by atoms with Gasteiger partial charge in [0.2, 0.25) is 5.88 Å². The summed E-state index contributed by atoms with van der Waals surface area (Å²) in [6.07, 6.45) is 2.08. The van der Waals surface area contributed by atoms with Crippen molar-refractivity contribution < 1.29 is 9.84 Å². The van der Waals surface area contributed by atoms with E-state index in [0.717, 1.165) is 5.56 Å². The molecule has 5 heteroatoms. The molecule has 0 radical (unpaired) electrons. The maximum atomic E-state index is 8.80. The lowest BCUT2D eigenvalue weighted by Gasteiger charge is -2.05. The van der Waals surface area contributed by atoms with Crippen LogP contribution in [0.15, 0.2) is 41.3 Å². The Morgan fingerprint density at radius 2 is 1.94 bits per heavy atom. The average Bonchev–Trinajstić information content (AvgIpc) is 2.32. The second kappa shape index (κ2) is 5.75. The molecule has 0 aliphatic carbocycles. The van der Waals surface area contributed by atoms with E-state index < -0.39 is 0 Å². The Hall–Kier alpha value is -1.46. The van der Waals surface area contributed by atoms with Gasteiger partial charge in [0, 0.05) is 12.7 Å². The molecule has 0 fully saturated rings. The van der Waals surface area contributed by atoms with Gasteiger partial charge in [-0.1, -0.05) is 12.1 Å². The quantitative estimate of drug-likeness (QED) is 0.881. The van der Waals surface area contributed by atoms with Gasteiger partial charge in [-0.2, -0.15) is 0 Å². The number of benzene rings is 1. The lowest BCUT2D eigenvalue weighted by molar-refractivity contribution is 0.299. The fraction of sp³-hybridized carbons (Fsp3) is 0.167. The Morgan fingerprint density at radius 1 is 1.18 bits per heavy atom. The van der Waals surface area contributed by atoms with Crippen LogP contribution >= 0.6 is 15.9 Å². The van der Waals surface area contributed by atoms with Crippen LogP contribution in [0.2, 0.25) is 0 Å². The van der Waals surface area contributed by atoms with Crippen LogP contribution in [0.1, 0.15) is 5.56 Å². The van der Waals surface area contributed by atoms with Gasteiger partial charge in [-0.3, -0.25) is 0 Å². The maximum absolute atomic E-state index is 8.80. The Kier molecular flexibility index (Phi) is 4.06. The molecule has 17 heavy (non-hydrogen) atoms. The average molecular weight is 295 g/mol. The Labute approximate surface area is 107 Å². The molecule has 88 valence electrons. The molecule has 1 aromatic heterocycles. The summed E-state index contributed by atoms with van der Waals surface area (Å²) in [5.74, 6) is 1.19. The van der Waals surface area contributed by atoms with Crippen molar-refractivity contribution in [3.8, 4) is 11.6 Å². The predicted octanol–water partition coefficient (Wildman–Crippen LogP) is 2.57. The van der Waals surface area contributed by atoms with E-state index in [2.05, 4.69) is 25.9 Å². The van der Waals surface area contributed by atoms with Crippen LogP contribution in [0.25, 0.3) is 0 Å². The minimum absolute atomic E-state index is 0.152. The molecule has 1 N–H and O–H groups in total. The predicted molar refractivity (Wildman–Crippen MR) is 67.0 cm³/mol. The van der Waals surface area contributed by atoms with Crippen molar-refractivity contribution in [2.45, 2.75) is 6.42 Å². The first kappa shape index (κ1) is 12.0. The molecule has 0 bridgehead atoms. The van der Waals surface area contributed by atoms with Crippen LogP contribution in [0.5, 0.6) is 11.6 Å². The van der Waals surface area contributed by atoms with E-state index in [1.807, 2.05) is 24.3 Å². The standard InChI is InChI=1S/C12H11BrN2O2/c13-11-7-12(15-8-14-11)17-10-3-1-9(2-4-10)5-6-16/h1-4,7-8,16H,5-6H2. The summed E-state index contributed by atoms with van der Waals surface area (Å²) in [4.78, 5) is 7.91. The highest BCUT2D eigenvalue weighted by molar-refractivity contribution is 9.10. The highest BCUT2D eigenvalue weighted by atomic mass is 79.9. The molecule has 0 amide bonds. The summed E-state index contributed by atoms with van der Waals surface area (Å²) < 4.78 is 6.23. The highest BCUT2D eigenvalue weighted by Crippen LogP contribution is 2.21. The number of hydrogen-bond acceptors (Lipinski definition) is 4. The van der Waals surface area contributed by atoms with Gasteiger partial charge >= 0.3 is 0 Å². The zero-order valence-electron chi connectivity index (χ0n) is 9.01. The number of rotatable bonds is 4. The number of ether oxygens (including phenoxy) is 1. The smallest absolute Gasteiger partial charge is 0.223 e. The monoisotopic (exact) mass is 294 g/mol. The molecular formula is C12H11BrN2O2. The molecule has 0 aliphatic heterocycles. The number of aromatic nitrogens is 2. The summed E-state index contributed by atoms with van der Waals surface area (Å²) in [5, 5.41) is 8.80. The minimum Gasteiger partial charge on any atom is -0.439 e. The fourth-order valence-electron chi connectivity index (χ4n) is 1.35. The normalized spacial score (nSPS) is 10.2. The number of aliphatic hydroxyl groups excluding tert-OH is 1. The van der Waals surface area contributed by atoms with Gasteiger partial charge in [0.15, 0.2) is 0 Å². The molecule has 0 atom stereocenters. The van der Waals surface area contributed by atoms with Crippen molar-refractivity contribution in [1.82, 2.24) is 9.97 Å². The second-order valence-electron chi connectivity index (χ2n) is 3.40. The van der Waals surface area contributed by atoms with Gasteiger partial charge in [-0.15, -0.1) is 0 Å². The first-order chi connectivity index (χ1) is 8.28. The summed E-state index contributed by atoms with van der Waals surface area (Å²) in [7, 11) is 0. The van der Waals surface area contributed by atoms with Crippen molar-refractivity contribution in [2.24, 2.45) is 0 Å². The lowest BCUT2D eigenvalue weighted by atomic mass is 10.1. The van der Waals surface area contributed by atoms with E-state index >= 15 is 0 Å². The van der Waals surface area contributed by atoms with Crippen molar-refractivity contribution in [2.75, 3.05) is 6.61 Å². The summed E-state index contributed by atoms with van der Waals surface area (Å²) in [5.41, 5.74) is 1.07. The van der Waals surface area contributed by atoms with E-state index in [9.17, 15) is 0 Å². The van der Waals surface area contributed by atoms with Crippen LogP contribution in [0.3, 0.4) is 0 Å². The van der Waals surface area contributed by atoms with Crippen molar-refractivity contribution in [3.05, 3.63) is 46.8 Å². The topological polar surface area (TPSA) is 55.2 Å². The van der Waals surface area contributed by atoms with E-state index in [4.69, 9.17) is 9.84 Å². The lowest BCUT2D eigenvalue weighted by Crippen LogP contribution is -1.92. The SMILES string of the molecule is OCCc1ccc(Oc2cc(Br)ncn2)cc1. The van der Waals surface area contributed by atoms with Gasteiger partial charge in [0.25, 0.3) is 0 Å². The maximum Gasteiger partial charge on any atom is 0.223 e. The second-order valence-corrected chi connectivity index (χ2v) is 4.21. The molecule has 4 nitrogen and oxygen atoms in total. The van der Waals surface area contributed by atoms with Gasteiger partial charge in [0.05, 0.1) is 0 Å². The van der Waals surface area contributed by atoms with Crippen molar-refractivity contribution in [3.63, 3.8) is 0 Å². The number of halogens is 1. The summed E-state index contributed by atoms with van der Waals surface area (Å²) in [6.45, 7) is 0.152. The number of hydrogen-bond donors (Lipinski definition) is 1. The Balaban J connectivity index is 2.08. The summed E-state index contributed by atoms with van der Waals surface area (Å²) in [6, 6.07) is 9.23. The third-order valence-electron chi connectivity index (χ3n) is 2.15. The van der Waals surface area contributed by atoms with Gasteiger partial charge < -0.3 is 9.84 Å². The van der Waals surface area contributed by atoms with Crippen LogP contribution in [-0.4, -0.2) is 21.7 Å². The summed E-state index contributed by atoms with van der Waals surface area (Å²) >= 11 is 3.25. The van der Waals surface area contributed by atoms with E-state index in [0.29, 0.717) is 22.7 Å². The van der Waals surface area contributed by atoms with E-state index in [-0.39, 0.29) is 6.61 Å². The Bertz CT molecular complexity index is 488. The van der Waals surface area contributed by atoms with E-state index in [1.54, 1.807) is 6.07 Å². The largest absolute Gasteiger partial charge is 0.439 e. The zero-order valence-corrected chi connectivity index (χ0v) is 10.6. The van der Waals surface area contributed by atoms with Crippen LogP contribution in [0.4, 0.5) is 0 Å². The minimum atomic E-state index is 0.152. The Morgan fingerprint density at radius 3 is 2.59 bits per heavy atom. The highest BCUT2D eigenvalue weighted by Gasteiger charge is 2.00. The molecule has 0 aliphatic rings. The van der Waals surface area contributed by atoms with Crippen LogP contribution in [-0.2, 0) is 6.42 Å². The first-order valence-electron chi connectivity index (χ1n) is 5.13. The molecule has 0 unspecified atom stereocenters. The number of aliphatic hydroxyl groups is 1. The molecule has 0 saturated heterocycles. The molecule has 0 spiro atoms. The van der Waals surface area contributed by atoms with Gasteiger partial charge in [-0.25, -0.2) is 9.97 Å². The first-order valence-corrected chi connectivity index (χ1v) is 5.92.